The Hall–Kier alpha value is -3.22. The van der Waals surface area contributed by atoms with Crippen molar-refractivity contribution >= 4 is 10.0 Å². The molecule has 0 saturated heterocycles. The molecule has 0 aliphatic rings. The molecular weight excluding hydrogens is 370 g/mol. The normalized spacial score (nSPS) is 11.4. The van der Waals surface area contributed by atoms with Crippen LogP contribution in [0.2, 0.25) is 0 Å². The average molecular weight is 389 g/mol. The molecule has 140 valence electrons. The summed E-state index contributed by atoms with van der Waals surface area (Å²) in [6.45, 7) is 0.108. The molecule has 28 heavy (non-hydrogen) atoms. The molecule has 0 bridgehead atoms. The molecular formula is C22H19N3O2S. The van der Waals surface area contributed by atoms with Gasteiger partial charge in [-0.25, -0.2) is 17.8 Å². The third kappa shape index (κ3) is 3.88. The van der Waals surface area contributed by atoms with Gasteiger partial charge in [0, 0.05) is 5.56 Å². The monoisotopic (exact) mass is 389 g/mol. The molecule has 0 atom stereocenters. The van der Waals surface area contributed by atoms with Gasteiger partial charge in [-0.2, -0.15) is 5.10 Å². The van der Waals surface area contributed by atoms with E-state index < -0.39 is 10.0 Å². The Bertz CT molecular complexity index is 1100. The van der Waals surface area contributed by atoms with E-state index in [4.69, 9.17) is 0 Å². The van der Waals surface area contributed by atoms with Crippen molar-refractivity contribution in [1.82, 2.24) is 14.5 Å². The van der Waals surface area contributed by atoms with Crippen LogP contribution < -0.4 is 4.72 Å². The van der Waals surface area contributed by atoms with Crippen LogP contribution in [-0.2, 0) is 16.6 Å². The molecule has 1 N–H and O–H groups in total. The van der Waals surface area contributed by atoms with Gasteiger partial charge >= 0.3 is 0 Å². The first-order valence-corrected chi connectivity index (χ1v) is 10.4. The maximum absolute atomic E-state index is 12.5. The van der Waals surface area contributed by atoms with E-state index in [2.05, 4.69) is 9.82 Å². The number of hydrogen-bond acceptors (Lipinski definition) is 3. The van der Waals surface area contributed by atoms with Crippen molar-refractivity contribution in [1.29, 1.82) is 0 Å². The fourth-order valence-corrected chi connectivity index (χ4v) is 3.97. The highest BCUT2D eigenvalue weighted by molar-refractivity contribution is 7.89. The lowest BCUT2D eigenvalue weighted by Gasteiger charge is -2.07. The largest absolute Gasteiger partial charge is 0.240 e. The maximum atomic E-state index is 12.5. The Morgan fingerprint density at radius 2 is 1.36 bits per heavy atom. The number of nitrogens with one attached hydrogen (secondary N) is 1. The maximum Gasteiger partial charge on any atom is 0.240 e. The smallest absolute Gasteiger partial charge is 0.233 e. The number of nitrogens with zero attached hydrogens (tertiary/aromatic N) is 2. The van der Waals surface area contributed by atoms with Gasteiger partial charge in [0.05, 0.1) is 28.5 Å². The second kappa shape index (κ2) is 7.80. The second-order valence-electron chi connectivity index (χ2n) is 6.27. The van der Waals surface area contributed by atoms with Crippen LogP contribution in [0.25, 0.3) is 16.9 Å². The molecule has 3 aromatic carbocycles. The van der Waals surface area contributed by atoms with Crippen LogP contribution in [0.3, 0.4) is 0 Å². The van der Waals surface area contributed by atoms with Gasteiger partial charge in [-0.1, -0.05) is 66.7 Å². The summed E-state index contributed by atoms with van der Waals surface area (Å²) >= 11 is 0. The van der Waals surface area contributed by atoms with E-state index >= 15 is 0 Å². The Labute approximate surface area is 164 Å². The van der Waals surface area contributed by atoms with Gasteiger partial charge in [0.1, 0.15) is 0 Å². The Kier molecular flexibility index (Phi) is 5.06. The highest BCUT2D eigenvalue weighted by atomic mass is 32.2. The fourth-order valence-electron chi connectivity index (χ4n) is 2.95. The van der Waals surface area contributed by atoms with Crippen molar-refractivity contribution in [3.8, 4) is 16.9 Å². The lowest BCUT2D eigenvalue weighted by atomic mass is 10.1. The van der Waals surface area contributed by atoms with Gasteiger partial charge in [-0.3, -0.25) is 0 Å². The quantitative estimate of drug-likeness (QED) is 0.542. The zero-order valence-corrected chi connectivity index (χ0v) is 15.9. The molecule has 0 aliphatic heterocycles. The van der Waals surface area contributed by atoms with E-state index in [1.165, 1.54) is 0 Å². The van der Waals surface area contributed by atoms with Crippen LogP contribution in [0.5, 0.6) is 0 Å². The van der Waals surface area contributed by atoms with Crippen LogP contribution in [0.1, 0.15) is 5.69 Å². The minimum atomic E-state index is -3.59. The lowest BCUT2D eigenvalue weighted by molar-refractivity contribution is 0.580. The van der Waals surface area contributed by atoms with Gasteiger partial charge in [-0.15, -0.1) is 0 Å². The molecule has 0 unspecified atom stereocenters. The van der Waals surface area contributed by atoms with Gasteiger partial charge in [0.25, 0.3) is 0 Å². The summed E-state index contributed by atoms with van der Waals surface area (Å²) < 4.78 is 29.4. The van der Waals surface area contributed by atoms with E-state index in [-0.39, 0.29) is 11.4 Å². The number of hydrogen-bond donors (Lipinski definition) is 1. The molecule has 6 heteroatoms. The zero-order valence-electron chi connectivity index (χ0n) is 15.1. The van der Waals surface area contributed by atoms with E-state index in [1.807, 2.05) is 71.4 Å². The summed E-state index contributed by atoms with van der Waals surface area (Å²) in [4.78, 5) is 0.237. The average Bonchev–Trinajstić information content (AvgIpc) is 3.19. The Balaban J connectivity index is 1.66. The molecule has 5 nitrogen and oxygen atoms in total. The molecule has 0 saturated carbocycles. The third-order valence-corrected chi connectivity index (χ3v) is 5.74. The van der Waals surface area contributed by atoms with Crippen molar-refractivity contribution < 1.29 is 8.42 Å². The van der Waals surface area contributed by atoms with Crippen LogP contribution in [0.4, 0.5) is 0 Å². The van der Waals surface area contributed by atoms with Crippen LogP contribution in [-0.4, -0.2) is 18.2 Å². The standard InChI is InChI=1S/C22H19N3O2S/c26-28(27,21-14-8-3-9-15-21)23-17-19-16-22(18-10-4-1-5-11-18)25(24-19)20-12-6-2-7-13-20/h1-16,23H,17H2. The van der Waals surface area contributed by atoms with Crippen molar-refractivity contribution in [2.75, 3.05) is 0 Å². The summed E-state index contributed by atoms with van der Waals surface area (Å²) in [5.41, 5.74) is 3.47. The lowest BCUT2D eigenvalue weighted by Crippen LogP contribution is -2.23. The minimum absolute atomic E-state index is 0.108. The topological polar surface area (TPSA) is 64.0 Å². The summed E-state index contributed by atoms with van der Waals surface area (Å²) in [6, 6.07) is 29.9. The number of benzene rings is 3. The summed E-state index contributed by atoms with van der Waals surface area (Å²) in [6.07, 6.45) is 0. The molecule has 0 spiro atoms. The van der Waals surface area contributed by atoms with Gasteiger partial charge in [-0.05, 0) is 30.3 Å². The fraction of sp³-hybridized carbons (Fsp3) is 0.0455. The number of sulfonamides is 1. The van der Waals surface area contributed by atoms with Gasteiger partial charge in [0.15, 0.2) is 0 Å². The van der Waals surface area contributed by atoms with E-state index in [0.717, 1.165) is 16.9 Å². The van der Waals surface area contributed by atoms with Crippen molar-refractivity contribution in [2.24, 2.45) is 0 Å². The Morgan fingerprint density at radius 3 is 2.00 bits per heavy atom. The van der Waals surface area contributed by atoms with Crippen molar-refractivity contribution in [2.45, 2.75) is 11.4 Å². The van der Waals surface area contributed by atoms with Crippen molar-refractivity contribution in [3.63, 3.8) is 0 Å². The summed E-state index contributed by atoms with van der Waals surface area (Å²) in [7, 11) is -3.59. The first-order chi connectivity index (χ1) is 13.6. The molecule has 1 heterocycles. The van der Waals surface area contributed by atoms with E-state index in [0.29, 0.717) is 5.69 Å². The SMILES string of the molecule is O=S(=O)(NCc1cc(-c2ccccc2)n(-c2ccccc2)n1)c1ccccc1. The first-order valence-electron chi connectivity index (χ1n) is 8.88. The third-order valence-electron chi connectivity index (χ3n) is 4.33. The second-order valence-corrected chi connectivity index (χ2v) is 8.04. The van der Waals surface area contributed by atoms with Gasteiger partial charge in [0.2, 0.25) is 10.0 Å². The highest BCUT2D eigenvalue weighted by Gasteiger charge is 2.16. The summed E-state index contributed by atoms with van der Waals surface area (Å²) in [5, 5.41) is 4.64. The zero-order chi connectivity index (χ0) is 19.4. The van der Waals surface area contributed by atoms with E-state index in [1.54, 1.807) is 30.3 Å². The molecule has 0 fully saturated rings. The predicted molar refractivity (Wildman–Crippen MR) is 109 cm³/mol. The van der Waals surface area contributed by atoms with Gasteiger partial charge < -0.3 is 0 Å². The molecule has 0 amide bonds. The minimum Gasteiger partial charge on any atom is -0.233 e. The van der Waals surface area contributed by atoms with Crippen LogP contribution >= 0.6 is 0 Å². The molecule has 4 aromatic rings. The molecule has 4 rings (SSSR count). The number of para-hydroxylation sites is 1. The highest BCUT2D eigenvalue weighted by Crippen LogP contribution is 2.24. The molecule has 1 aromatic heterocycles. The number of aromatic nitrogens is 2. The van der Waals surface area contributed by atoms with Crippen LogP contribution in [0.15, 0.2) is 102 Å². The van der Waals surface area contributed by atoms with Crippen LogP contribution in [0, 0.1) is 0 Å². The molecule has 0 aliphatic carbocycles. The summed E-state index contributed by atoms with van der Waals surface area (Å²) in [5.74, 6) is 0. The molecule has 0 radical (unpaired) electrons. The van der Waals surface area contributed by atoms with Crippen molar-refractivity contribution in [3.05, 3.63) is 103 Å². The number of rotatable bonds is 6. The van der Waals surface area contributed by atoms with E-state index in [9.17, 15) is 8.42 Å². The first kappa shape index (κ1) is 18.2. The predicted octanol–water partition coefficient (Wildman–Crippen LogP) is 4.02. The Morgan fingerprint density at radius 1 is 0.786 bits per heavy atom.